The molecule has 29 heavy (non-hydrogen) atoms. The molecule has 1 atom stereocenters. The number of aromatic nitrogens is 6. The molecule has 0 saturated carbocycles. The van der Waals surface area contributed by atoms with Crippen LogP contribution in [0.5, 0.6) is 0 Å². The van der Waals surface area contributed by atoms with Gasteiger partial charge in [-0.1, -0.05) is 0 Å². The second-order valence-corrected chi connectivity index (χ2v) is 6.88. The molecule has 3 aromatic rings. The first-order valence-electron chi connectivity index (χ1n) is 9.58. The number of nitrogens with one attached hydrogen (secondary N) is 2. The van der Waals surface area contributed by atoms with E-state index in [1.807, 2.05) is 26.5 Å². The minimum Gasteiger partial charge on any atom is -0.370 e. The molecular weight excluding hydrogens is 372 g/mol. The molecule has 2 N–H and O–H groups in total. The van der Waals surface area contributed by atoms with E-state index >= 15 is 0 Å². The summed E-state index contributed by atoms with van der Waals surface area (Å²) in [5.41, 5.74) is 1.89. The third-order valence-electron chi connectivity index (χ3n) is 4.90. The first-order valence-corrected chi connectivity index (χ1v) is 9.58. The number of ether oxygens (including phenoxy) is 1. The van der Waals surface area contributed by atoms with Crippen LogP contribution in [0, 0.1) is 0 Å². The minimum absolute atomic E-state index is 0.00555. The fourth-order valence-corrected chi connectivity index (χ4v) is 3.44. The summed E-state index contributed by atoms with van der Waals surface area (Å²) in [5.74, 6) is 1.64. The molecule has 1 fully saturated rings. The van der Waals surface area contributed by atoms with Crippen LogP contribution in [-0.4, -0.2) is 80.2 Å². The summed E-state index contributed by atoms with van der Waals surface area (Å²) in [5, 5.41) is 16.1. The van der Waals surface area contributed by atoms with E-state index in [1.54, 1.807) is 28.9 Å². The fraction of sp³-hybridized carbons (Fsp3) is 0.500. The molecule has 1 aliphatic rings. The number of rotatable bonds is 5. The van der Waals surface area contributed by atoms with Crippen LogP contribution in [0.3, 0.4) is 0 Å². The smallest absolute Gasteiger partial charge is 0.193 e. The normalized spacial score (nSPS) is 17.7. The van der Waals surface area contributed by atoms with E-state index in [1.165, 1.54) is 0 Å². The number of nitrogens with zero attached hydrogens (tertiary/aromatic N) is 8. The average Bonchev–Trinajstić information content (AvgIpc) is 3.35. The lowest BCUT2D eigenvalue weighted by Crippen LogP contribution is -2.49. The molecule has 11 nitrogen and oxygen atoms in total. The average molecular weight is 398 g/mol. The van der Waals surface area contributed by atoms with Gasteiger partial charge in [0, 0.05) is 52.5 Å². The molecule has 0 radical (unpaired) electrons. The predicted octanol–water partition coefficient (Wildman–Crippen LogP) is 0.158. The minimum atomic E-state index is -0.00555. The molecule has 1 saturated heterocycles. The summed E-state index contributed by atoms with van der Waals surface area (Å²) < 4.78 is 9.45. The summed E-state index contributed by atoms with van der Waals surface area (Å²) in [7, 11) is 5.58. The standard InChI is InChI=1S/C18H26N10O/c1-19-18(28-6-7-29-15(11-28)13-8-24-26(2)10-13)21-5-4-20-16-14-9-25-27(3)17(14)23-12-22-16/h8-10,12,15H,4-7,11H2,1-3H3,(H,19,21)(H,20,22,23). The van der Waals surface area contributed by atoms with Gasteiger partial charge >= 0.3 is 0 Å². The van der Waals surface area contributed by atoms with Crippen LogP contribution in [0.15, 0.2) is 29.9 Å². The molecule has 1 unspecified atom stereocenters. The Morgan fingerprint density at radius 1 is 1.24 bits per heavy atom. The predicted molar refractivity (Wildman–Crippen MR) is 110 cm³/mol. The first-order chi connectivity index (χ1) is 14.2. The maximum Gasteiger partial charge on any atom is 0.193 e. The van der Waals surface area contributed by atoms with Crippen molar-refractivity contribution in [2.45, 2.75) is 6.10 Å². The van der Waals surface area contributed by atoms with Gasteiger partial charge in [-0.2, -0.15) is 10.2 Å². The number of morpholine rings is 1. The van der Waals surface area contributed by atoms with Gasteiger partial charge in [-0.15, -0.1) is 0 Å². The fourth-order valence-electron chi connectivity index (χ4n) is 3.44. The van der Waals surface area contributed by atoms with Gasteiger partial charge in [0.05, 0.1) is 30.9 Å². The number of aryl methyl sites for hydroxylation is 2. The number of guanidine groups is 1. The molecule has 0 spiro atoms. The Morgan fingerprint density at radius 3 is 2.93 bits per heavy atom. The van der Waals surface area contributed by atoms with Gasteiger partial charge < -0.3 is 20.3 Å². The summed E-state index contributed by atoms with van der Waals surface area (Å²) in [6, 6.07) is 0. The van der Waals surface area contributed by atoms with E-state index in [4.69, 9.17) is 4.74 Å². The molecule has 3 aromatic heterocycles. The van der Waals surface area contributed by atoms with E-state index in [2.05, 4.69) is 40.7 Å². The van der Waals surface area contributed by atoms with E-state index < -0.39 is 0 Å². The third kappa shape index (κ3) is 4.14. The van der Waals surface area contributed by atoms with Crippen molar-refractivity contribution in [3.05, 3.63) is 30.5 Å². The quantitative estimate of drug-likeness (QED) is 0.355. The Hall–Kier alpha value is -3.21. The molecule has 154 valence electrons. The second kappa shape index (κ2) is 8.43. The third-order valence-corrected chi connectivity index (χ3v) is 4.90. The SMILES string of the molecule is CN=C(NCCNc1ncnc2c1cnn2C)N1CCOC(c2cnn(C)c2)C1. The molecule has 0 aromatic carbocycles. The van der Waals surface area contributed by atoms with Crippen molar-refractivity contribution in [3.8, 4) is 0 Å². The van der Waals surface area contributed by atoms with Gasteiger partial charge in [-0.05, 0) is 0 Å². The van der Waals surface area contributed by atoms with Crippen molar-refractivity contribution in [1.82, 2.24) is 39.7 Å². The second-order valence-electron chi connectivity index (χ2n) is 6.88. The van der Waals surface area contributed by atoms with Gasteiger partial charge in [-0.25, -0.2) is 9.97 Å². The van der Waals surface area contributed by atoms with Crippen molar-refractivity contribution < 1.29 is 4.74 Å². The molecule has 0 amide bonds. The summed E-state index contributed by atoms with van der Waals surface area (Å²) >= 11 is 0. The number of anilines is 1. The lowest BCUT2D eigenvalue weighted by atomic mass is 10.1. The molecule has 11 heteroatoms. The van der Waals surface area contributed by atoms with Crippen molar-refractivity contribution in [2.24, 2.45) is 19.1 Å². The monoisotopic (exact) mass is 398 g/mol. The lowest BCUT2D eigenvalue weighted by Gasteiger charge is -2.34. The van der Waals surface area contributed by atoms with Gasteiger partial charge in [0.1, 0.15) is 18.2 Å². The van der Waals surface area contributed by atoms with E-state index in [0.29, 0.717) is 19.7 Å². The molecule has 0 bridgehead atoms. The summed E-state index contributed by atoms with van der Waals surface area (Å²) in [6.07, 6.45) is 7.17. The van der Waals surface area contributed by atoms with Crippen molar-refractivity contribution in [2.75, 3.05) is 45.2 Å². The Kier molecular flexibility index (Phi) is 5.56. The molecule has 1 aliphatic heterocycles. The topological polar surface area (TPSA) is 110 Å². The zero-order chi connectivity index (χ0) is 20.2. The van der Waals surface area contributed by atoms with Crippen LogP contribution in [-0.2, 0) is 18.8 Å². The molecular formula is C18H26N10O. The zero-order valence-electron chi connectivity index (χ0n) is 16.9. The van der Waals surface area contributed by atoms with Crippen LogP contribution >= 0.6 is 0 Å². The van der Waals surface area contributed by atoms with E-state index in [-0.39, 0.29) is 6.10 Å². The maximum absolute atomic E-state index is 5.92. The van der Waals surface area contributed by atoms with Crippen LogP contribution in [0.2, 0.25) is 0 Å². The highest BCUT2D eigenvalue weighted by atomic mass is 16.5. The van der Waals surface area contributed by atoms with Crippen LogP contribution in [0.25, 0.3) is 11.0 Å². The number of hydrogen-bond acceptors (Lipinski definition) is 7. The van der Waals surface area contributed by atoms with Gasteiger partial charge in [0.2, 0.25) is 0 Å². The molecule has 4 rings (SSSR count). The molecule has 4 heterocycles. The Balaban J connectivity index is 1.31. The highest BCUT2D eigenvalue weighted by molar-refractivity contribution is 5.86. The Morgan fingerprint density at radius 2 is 2.14 bits per heavy atom. The number of hydrogen-bond donors (Lipinski definition) is 2. The highest BCUT2D eigenvalue weighted by Crippen LogP contribution is 2.21. The van der Waals surface area contributed by atoms with Crippen LogP contribution in [0.4, 0.5) is 5.82 Å². The van der Waals surface area contributed by atoms with E-state index in [0.717, 1.165) is 41.5 Å². The van der Waals surface area contributed by atoms with Gasteiger partial charge in [0.15, 0.2) is 11.6 Å². The lowest BCUT2D eigenvalue weighted by molar-refractivity contribution is -0.00799. The van der Waals surface area contributed by atoms with E-state index in [9.17, 15) is 0 Å². The molecule has 0 aliphatic carbocycles. The van der Waals surface area contributed by atoms with Crippen LogP contribution in [0.1, 0.15) is 11.7 Å². The van der Waals surface area contributed by atoms with Crippen molar-refractivity contribution in [3.63, 3.8) is 0 Å². The largest absolute Gasteiger partial charge is 0.370 e. The maximum atomic E-state index is 5.92. The van der Waals surface area contributed by atoms with Crippen molar-refractivity contribution in [1.29, 1.82) is 0 Å². The summed E-state index contributed by atoms with van der Waals surface area (Å²) in [4.78, 5) is 15.2. The number of fused-ring (bicyclic) bond motifs is 1. The van der Waals surface area contributed by atoms with Crippen LogP contribution < -0.4 is 10.6 Å². The van der Waals surface area contributed by atoms with Crippen molar-refractivity contribution >= 4 is 22.8 Å². The van der Waals surface area contributed by atoms with Gasteiger partial charge in [0.25, 0.3) is 0 Å². The Bertz CT molecular complexity index is 994. The Labute approximate surface area is 168 Å². The zero-order valence-corrected chi connectivity index (χ0v) is 16.9. The number of aliphatic imine (C=N–C) groups is 1. The van der Waals surface area contributed by atoms with Gasteiger partial charge in [-0.3, -0.25) is 14.4 Å². The first kappa shape index (κ1) is 19.1. The summed E-state index contributed by atoms with van der Waals surface area (Å²) in [6.45, 7) is 3.58. The highest BCUT2D eigenvalue weighted by Gasteiger charge is 2.25.